The lowest BCUT2D eigenvalue weighted by Gasteiger charge is -2.48. The molecule has 2 aliphatic carbocycles. The summed E-state index contributed by atoms with van der Waals surface area (Å²) in [5.74, 6) is 6.60. The van der Waals surface area contributed by atoms with E-state index in [-0.39, 0.29) is 53.6 Å². The number of hydrogen-bond acceptors (Lipinski definition) is 7. The van der Waals surface area contributed by atoms with Crippen molar-refractivity contribution in [3.05, 3.63) is 83.4 Å². The first-order valence-corrected chi connectivity index (χ1v) is 16.6. The van der Waals surface area contributed by atoms with Crippen LogP contribution in [0.3, 0.4) is 0 Å². The first-order valence-electron chi connectivity index (χ1n) is 16.6. The minimum absolute atomic E-state index is 0.000184. The average Bonchev–Trinajstić information content (AvgIpc) is 3.06. The fourth-order valence-electron chi connectivity index (χ4n) is 7.88. The van der Waals surface area contributed by atoms with Gasteiger partial charge < -0.3 is 30.5 Å². The number of aliphatic hydroxyl groups is 1. The number of rotatable bonds is 9. The van der Waals surface area contributed by atoms with E-state index in [2.05, 4.69) is 36.2 Å². The number of methoxy groups -OCH3 is 1. The minimum Gasteiger partial charge on any atom is -0.504 e. The standard InChI is InChI=1S/C39H47NO6/c1-3-40-25-27-11-8-18-39(24-27,30-15-17-34(42)37(45)21-30)33-13-7-12-28(19-26-9-5-4-6-10-26)32(22-31(41)23-36(33)44)29-14-16-35(43)38(20-29)46-2/h4-6,9-10,14-17,20-21,27-28,32-33,36,40,42-45H,3,8,11,13,18-19,22-25H2,1-2H3/t27-,28+,32+,33-,36-,39+/m0/s1. The number of nitrogens with one attached hydrogen (secondary N) is 1. The summed E-state index contributed by atoms with van der Waals surface area (Å²) in [6.07, 6.45) is 3.87. The van der Waals surface area contributed by atoms with Gasteiger partial charge in [-0.25, -0.2) is 0 Å². The number of ketones is 1. The smallest absolute Gasteiger partial charge is 0.160 e. The van der Waals surface area contributed by atoms with Gasteiger partial charge in [0.25, 0.3) is 0 Å². The second-order valence-corrected chi connectivity index (χ2v) is 13.1. The Morgan fingerprint density at radius 1 is 0.978 bits per heavy atom. The molecule has 7 heteroatoms. The Bertz CT molecular complexity index is 1550. The van der Waals surface area contributed by atoms with Gasteiger partial charge in [0.2, 0.25) is 0 Å². The second-order valence-electron chi connectivity index (χ2n) is 13.1. The molecule has 3 aromatic carbocycles. The summed E-state index contributed by atoms with van der Waals surface area (Å²) in [5.41, 5.74) is 2.32. The van der Waals surface area contributed by atoms with Crippen molar-refractivity contribution >= 4 is 5.78 Å². The first-order chi connectivity index (χ1) is 22.2. The maximum Gasteiger partial charge on any atom is 0.160 e. The van der Waals surface area contributed by atoms with Crippen LogP contribution in [0.5, 0.6) is 23.0 Å². The Morgan fingerprint density at radius 2 is 1.76 bits per heavy atom. The van der Waals surface area contributed by atoms with E-state index in [0.29, 0.717) is 24.5 Å². The summed E-state index contributed by atoms with van der Waals surface area (Å²) in [6, 6.07) is 20.4. The van der Waals surface area contributed by atoms with E-state index in [0.717, 1.165) is 55.5 Å². The molecule has 0 amide bonds. The van der Waals surface area contributed by atoms with Crippen molar-refractivity contribution in [2.45, 2.75) is 75.7 Å². The van der Waals surface area contributed by atoms with Crippen molar-refractivity contribution in [2.75, 3.05) is 20.2 Å². The van der Waals surface area contributed by atoms with Gasteiger partial charge in [0.05, 0.1) is 13.2 Å². The van der Waals surface area contributed by atoms with Crippen LogP contribution in [0.2, 0.25) is 0 Å². The summed E-state index contributed by atoms with van der Waals surface area (Å²) >= 11 is 0. The van der Waals surface area contributed by atoms with Crippen molar-refractivity contribution < 1.29 is 30.0 Å². The number of phenols is 3. The SMILES string of the molecule is CCNC[C@H]1CCC[C@@](c2ccc(O)c(O)c2)([C@H]2CC#C[C@H](Cc3ccccc3)[C@H](c3ccc(O)c(OC)c3)CC(=O)C[C@@H]2O)C1. The van der Waals surface area contributed by atoms with E-state index in [1.54, 1.807) is 18.2 Å². The lowest BCUT2D eigenvalue weighted by Crippen LogP contribution is -2.47. The number of aliphatic hydroxyl groups excluding tert-OH is 1. The quantitative estimate of drug-likeness (QED) is 0.141. The molecule has 0 aliphatic heterocycles. The molecule has 1 saturated carbocycles. The second kappa shape index (κ2) is 15.1. The average molecular weight is 626 g/mol. The van der Waals surface area contributed by atoms with Gasteiger partial charge in [-0.3, -0.25) is 4.79 Å². The number of carbonyl (C=O) groups excluding carboxylic acids is 1. The number of phenolic OH excluding ortho intramolecular Hbond substituents is 3. The van der Waals surface area contributed by atoms with Gasteiger partial charge in [0.15, 0.2) is 23.0 Å². The number of hydrogen-bond donors (Lipinski definition) is 5. The summed E-state index contributed by atoms with van der Waals surface area (Å²) in [5, 5.41) is 46.5. The zero-order valence-electron chi connectivity index (χ0n) is 26.9. The molecular formula is C39H47NO6. The lowest BCUT2D eigenvalue weighted by atomic mass is 9.57. The van der Waals surface area contributed by atoms with Gasteiger partial charge in [-0.1, -0.05) is 61.7 Å². The van der Waals surface area contributed by atoms with E-state index >= 15 is 0 Å². The molecular weight excluding hydrogens is 578 g/mol. The van der Waals surface area contributed by atoms with Gasteiger partial charge in [-0.2, -0.15) is 0 Å². The Labute approximate surface area is 272 Å². The number of aromatic hydroxyl groups is 3. The fourth-order valence-corrected chi connectivity index (χ4v) is 7.88. The van der Waals surface area contributed by atoms with Crippen LogP contribution in [-0.4, -0.2) is 52.5 Å². The molecule has 2 aliphatic rings. The molecule has 0 radical (unpaired) electrons. The zero-order chi connectivity index (χ0) is 32.7. The number of carbonyl (C=O) groups is 1. The zero-order valence-corrected chi connectivity index (χ0v) is 26.9. The maximum absolute atomic E-state index is 13.9. The molecule has 0 unspecified atom stereocenters. The molecule has 1 fully saturated rings. The van der Waals surface area contributed by atoms with Gasteiger partial charge >= 0.3 is 0 Å². The highest BCUT2D eigenvalue weighted by atomic mass is 16.5. The Hall–Kier alpha value is -3.99. The predicted molar refractivity (Wildman–Crippen MR) is 179 cm³/mol. The number of ether oxygens (including phenoxy) is 1. The highest BCUT2D eigenvalue weighted by Gasteiger charge is 2.47. The highest BCUT2D eigenvalue weighted by molar-refractivity contribution is 5.80. The van der Waals surface area contributed by atoms with Gasteiger partial charge in [-0.05, 0) is 85.6 Å². The molecule has 0 bridgehead atoms. The molecule has 5 rings (SSSR count). The summed E-state index contributed by atoms with van der Waals surface area (Å²) in [6.45, 7) is 3.81. The maximum atomic E-state index is 13.9. The van der Waals surface area contributed by atoms with Gasteiger partial charge in [-0.15, -0.1) is 5.92 Å². The predicted octanol–water partition coefficient (Wildman–Crippen LogP) is 6.23. The first kappa shape index (κ1) is 33.4. The van der Waals surface area contributed by atoms with Crippen LogP contribution in [0.15, 0.2) is 66.7 Å². The van der Waals surface area contributed by atoms with Gasteiger partial charge in [0, 0.05) is 42.4 Å². The molecule has 0 saturated heterocycles. The third kappa shape index (κ3) is 7.52. The molecule has 244 valence electrons. The van der Waals surface area contributed by atoms with E-state index in [4.69, 9.17) is 4.74 Å². The van der Waals surface area contributed by atoms with Crippen molar-refractivity contribution in [1.82, 2.24) is 5.32 Å². The van der Waals surface area contributed by atoms with Crippen LogP contribution in [0.1, 0.15) is 74.5 Å². The topological polar surface area (TPSA) is 119 Å². The van der Waals surface area contributed by atoms with Crippen LogP contribution >= 0.6 is 0 Å². The number of benzene rings is 3. The summed E-state index contributed by atoms with van der Waals surface area (Å²) in [4.78, 5) is 13.9. The molecule has 6 atom stereocenters. The van der Waals surface area contributed by atoms with Crippen LogP contribution in [0.25, 0.3) is 0 Å². The lowest BCUT2D eigenvalue weighted by molar-refractivity contribution is -0.123. The Morgan fingerprint density at radius 3 is 2.50 bits per heavy atom. The van der Waals surface area contributed by atoms with E-state index in [1.165, 1.54) is 13.2 Å². The molecule has 7 nitrogen and oxygen atoms in total. The van der Waals surface area contributed by atoms with Crippen LogP contribution in [0, 0.1) is 29.6 Å². The van der Waals surface area contributed by atoms with Crippen molar-refractivity contribution in [3.8, 4) is 34.8 Å². The van der Waals surface area contributed by atoms with Crippen LogP contribution < -0.4 is 10.1 Å². The molecule has 46 heavy (non-hydrogen) atoms. The van der Waals surface area contributed by atoms with Crippen LogP contribution in [0.4, 0.5) is 0 Å². The molecule has 5 N–H and O–H groups in total. The van der Waals surface area contributed by atoms with Crippen molar-refractivity contribution in [1.29, 1.82) is 0 Å². The Kier molecular flexibility index (Phi) is 10.9. The molecule has 0 heterocycles. The summed E-state index contributed by atoms with van der Waals surface area (Å²) in [7, 11) is 1.51. The van der Waals surface area contributed by atoms with E-state index in [1.807, 2.05) is 30.3 Å². The molecule has 3 aromatic rings. The summed E-state index contributed by atoms with van der Waals surface area (Å²) < 4.78 is 5.41. The van der Waals surface area contributed by atoms with Crippen molar-refractivity contribution in [2.24, 2.45) is 17.8 Å². The Balaban J connectivity index is 1.58. The monoisotopic (exact) mass is 625 g/mol. The largest absolute Gasteiger partial charge is 0.504 e. The normalized spacial score (nSPS) is 26.9. The van der Waals surface area contributed by atoms with Crippen molar-refractivity contribution in [3.63, 3.8) is 0 Å². The highest BCUT2D eigenvalue weighted by Crippen LogP contribution is 2.51. The van der Waals surface area contributed by atoms with E-state index < -0.39 is 11.5 Å². The molecule has 0 spiro atoms. The third-order valence-electron chi connectivity index (χ3n) is 10.2. The fraction of sp³-hybridized carbons (Fsp3) is 0.462. The third-order valence-corrected chi connectivity index (χ3v) is 10.2. The minimum atomic E-state index is -0.934. The molecule has 0 aromatic heterocycles. The van der Waals surface area contributed by atoms with Gasteiger partial charge in [0.1, 0.15) is 5.78 Å². The van der Waals surface area contributed by atoms with E-state index in [9.17, 15) is 25.2 Å². The number of Topliss-reactive ketones (excluding diaryl/α,β-unsaturated/α-hetero) is 1. The van der Waals surface area contributed by atoms with Crippen LogP contribution in [-0.2, 0) is 16.6 Å².